The Morgan fingerprint density at radius 3 is 0.880 bits per heavy atom. The average molecular weight is 392 g/mol. The van der Waals surface area contributed by atoms with Gasteiger partial charge < -0.3 is 15.6 Å². The smallest absolute Gasteiger partial charge is 0.421 e. The Morgan fingerprint density at radius 2 is 0.760 bits per heavy atom. The summed E-state index contributed by atoms with van der Waals surface area (Å²) < 4.78 is 1.92. The van der Waals surface area contributed by atoms with Gasteiger partial charge in [-0.15, -0.1) is 14.2 Å². The van der Waals surface area contributed by atoms with E-state index < -0.39 is 0 Å². The molecule has 3 aromatic rings. The molecule has 0 aliphatic carbocycles. The van der Waals surface area contributed by atoms with Gasteiger partial charge in [0.05, 0.1) is 36.8 Å². The molecule has 10 heteroatoms. The summed E-state index contributed by atoms with van der Waals surface area (Å²) in [5.74, 6) is 0. The summed E-state index contributed by atoms with van der Waals surface area (Å²) in [6, 6.07) is 13.9. The zero-order valence-corrected chi connectivity index (χ0v) is 13.9. The molecule has 3 aromatic heterocycles. The molecule has 9 nitrogen and oxygen atoms in total. The first-order valence-corrected chi connectivity index (χ1v) is 6.58. The molecule has 3 heterocycles. The van der Waals surface area contributed by atoms with Crippen molar-refractivity contribution >= 4 is 0 Å². The zero-order valence-electron chi connectivity index (χ0n) is 12.8. The van der Waals surface area contributed by atoms with Gasteiger partial charge in [0.2, 0.25) is 0 Å². The Kier molecular flexibility index (Phi) is 9.86. The number of aromatic nitrogens is 3. The van der Waals surface area contributed by atoms with Crippen LogP contribution in [0.3, 0.4) is 0 Å². The van der Waals surface area contributed by atoms with Gasteiger partial charge in [0.25, 0.3) is 0 Å². The second-order valence-corrected chi connectivity index (χ2v) is 4.21. The predicted molar refractivity (Wildman–Crippen MR) is 80.1 cm³/mol. The molecular formula is C15H18FeN3O6+3. The Hall–Kier alpha value is -3.23. The van der Waals surface area contributed by atoms with E-state index in [0.717, 1.165) is 0 Å². The van der Waals surface area contributed by atoms with Gasteiger partial charge in [0.1, 0.15) is 0 Å². The number of nitrogens with zero attached hydrogens (tertiary/aromatic N) is 3. The average Bonchev–Trinajstić information content (AvgIpc) is 2.57. The van der Waals surface area contributed by atoms with Crippen molar-refractivity contribution in [2.75, 3.05) is 0 Å². The SMILES string of the molecule is On1ccccc1=[OH+].On1ccccc1=[OH+].On1ccccc1=[OH+].[Fe]. The number of rotatable bonds is 0. The van der Waals surface area contributed by atoms with Crippen LogP contribution in [0.25, 0.3) is 0 Å². The van der Waals surface area contributed by atoms with Gasteiger partial charge in [-0.1, -0.05) is 0 Å². The van der Waals surface area contributed by atoms with E-state index in [-0.39, 0.29) is 33.7 Å². The van der Waals surface area contributed by atoms with Crippen LogP contribution in [0.4, 0.5) is 0 Å². The van der Waals surface area contributed by atoms with Gasteiger partial charge in [-0.3, -0.25) is 14.4 Å². The summed E-state index contributed by atoms with van der Waals surface area (Å²) in [6.45, 7) is 0. The summed E-state index contributed by atoms with van der Waals surface area (Å²) in [7, 11) is 0. The summed E-state index contributed by atoms with van der Waals surface area (Å²) in [5.41, 5.74) is -0.479. The van der Waals surface area contributed by atoms with Crippen molar-refractivity contribution in [2.45, 2.75) is 0 Å². The molecule has 0 radical (unpaired) electrons. The van der Waals surface area contributed by atoms with Crippen molar-refractivity contribution in [3.63, 3.8) is 0 Å². The van der Waals surface area contributed by atoms with E-state index in [4.69, 9.17) is 30.0 Å². The van der Waals surface area contributed by atoms with E-state index in [1.807, 2.05) is 0 Å². The molecule has 0 saturated carbocycles. The van der Waals surface area contributed by atoms with Gasteiger partial charge in [-0.25, -0.2) is 0 Å². The Labute approximate surface area is 151 Å². The minimum absolute atomic E-state index is 0. The Morgan fingerprint density at radius 1 is 0.520 bits per heavy atom. The fourth-order valence-corrected chi connectivity index (χ4v) is 1.28. The Balaban J connectivity index is 0.000000339. The molecule has 0 aromatic carbocycles. The van der Waals surface area contributed by atoms with Crippen molar-refractivity contribution in [3.05, 3.63) is 89.9 Å². The van der Waals surface area contributed by atoms with Gasteiger partial charge >= 0.3 is 16.7 Å². The molecule has 0 aliphatic heterocycles. The Bertz CT molecular complexity index is 812. The van der Waals surface area contributed by atoms with Crippen LogP contribution in [0.5, 0.6) is 0 Å². The molecule has 0 bridgehead atoms. The topological polar surface area (TPSA) is 140 Å². The van der Waals surface area contributed by atoms with Crippen molar-refractivity contribution in [3.8, 4) is 0 Å². The van der Waals surface area contributed by atoms with Crippen molar-refractivity contribution in [1.29, 1.82) is 0 Å². The summed E-state index contributed by atoms with van der Waals surface area (Å²) >= 11 is 0. The quantitative estimate of drug-likeness (QED) is 0.262. The van der Waals surface area contributed by atoms with Crippen LogP contribution in [0.2, 0.25) is 0 Å². The van der Waals surface area contributed by atoms with E-state index in [1.165, 1.54) is 36.8 Å². The second kappa shape index (κ2) is 11.3. The van der Waals surface area contributed by atoms with Crippen LogP contribution in [-0.4, -0.2) is 44.2 Å². The van der Waals surface area contributed by atoms with Crippen LogP contribution in [0.1, 0.15) is 0 Å². The molecular weight excluding hydrogens is 374 g/mol. The molecule has 0 amide bonds. The van der Waals surface area contributed by atoms with Gasteiger partial charge in [0.15, 0.2) is 0 Å². The predicted octanol–water partition coefficient (Wildman–Crippen LogP) is -0.812. The minimum Gasteiger partial charge on any atom is -0.421 e. The molecule has 0 unspecified atom stereocenters. The van der Waals surface area contributed by atoms with Crippen LogP contribution in [-0.2, 0) is 17.1 Å². The monoisotopic (exact) mass is 392 g/mol. The van der Waals surface area contributed by atoms with E-state index >= 15 is 0 Å². The van der Waals surface area contributed by atoms with Crippen LogP contribution in [0, 0.1) is 0 Å². The molecule has 6 N–H and O–H groups in total. The third kappa shape index (κ3) is 8.26. The molecule has 0 saturated heterocycles. The fraction of sp³-hybridized carbons (Fsp3) is 0. The van der Waals surface area contributed by atoms with Crippen molar-refractivity contribution < 1.29 is 47.1 Å². The maximum absolute atomic E-state index is 8.63. The first-order valence-electron chi connectivity index (χ1n) is 6.58. The summed E-state index contributed by atoms with van der Waals surface area (Å²) in [5, 5.41) is 25.8. The van der Waals surface area contributed by atoms with Crippen LogP contribution >= 0.6 is 0 Å². The van der Waals surface area contributed by atoms with Crippen molar-refractivity contribution in [1.82, 2.24) is 14.2 Å². The zero-order chi connectivity index (χ0) is 17.9. The first kappa shape index (κ1) is 21.8. The summed E-state index contributed by atoms with van der Waals surface area (Å²) in [4.78, 5) is 25.9. The molecule has 3 rings (SSSR count). The molecule has 134 valence electrons. The van der Waals surface area contributed by atoms with E-state index in [0.29, 0.717) is 14.2 Å². The van der Waals surface area contributed by atoms with Crippen LogP contribution < -0.4 is 16.7 Å². The standard InChI is InChI=1S/3C5H5NO2.Fe/c3*7-5-3-1-2-4-6(5)8;/h3*1-4,8H;/p+3. The van der Waals surface area contributed by atoms with Gasteiger partial charge in [0, 0.05) is 17.1 Å². The van der Waals surface area contributed by atoms with Gasteiger partial charge in [-0.05, 0) is 36.4 Å². The molecule has 0 fully saturated rings. The van der Waals surface area contributed by atoms with Crippen molar-refractivity contribution in [2.24, 2.45) is 0 Å². The van der Waals surface area contributed by atoms with Gasteiger partial charge in [-0.2, -0.15) is 0 Å². The largest absolute Gasteiger partial charge is 0.453 e. The van der Waals surface area contributed by atoms with E-state index in [2.05, 4.69) is 0 Å². The molecule has 0 spiro atoms. The third-order valence-corrected chi connectivity index (χ3v) is 2.46. The number of hydrogen-bond donors (Lipinski definition) is 3. The van der Waals surface area contributed by atoms with E-state index in [1.54, 1.807) is 36.4 Å². The summed E-state index contributed by atoms with van der Waals surface area (Å²) in [6.07, 6.45) is 4.03. The second-order valence-electron chi connectivity index (χ2n) is 4.21. The fourth-order valence-electron chi connectivity index (χ4n) is 1.28. The number of hydrogen-bond acceptors (Lipinski definition) is 3. The number of pyridine rings is 3. The van der Waals surface area contributed by atoms with Crippen LogP contribution in [0.15, 0.2) is 73.2 Å². The third-order valence-electron chi connectivity index (χ3n) is 2.46. The molecule has 25 heavy (non-hydrogen) atoms. The normalized spacial score (nSPS) is 8.64. The minimum atomic E-state index is -0.160. The van der Waals surface area contributed by atoms with E-state index in [9.17, 15) is 0 Å². The molecule has 0 aliphatic rings. The maximum Gasteiger partial charge on any atom is 0.453 e. The molecule has 0 atom stereocenters. The maximum atomic E-state index is 8.63. The first-order chi connectivity index (χ1) is 11.4.